The first-order chi connectivity index (χ1) is 6.29. The zero-order valence-corrected chi connectivity index (χ0v) is 7.77. The average Bonchev–Trinajstić information content (AvgIpc) is 2.61. The van der Waals surface area contributed by atoms with Crippen molar-refractivity contribution in [3.05, 3.63) is 24.0 Å². The molecule has 0 saturated heterocycles. The lowest BCUT2D eigenvalue weighted by Gasteiger charge is -2.06. The summed E-state index contributed by atoms with van der Waals surface area (Å²) in [6.45, 7) is 3.04. The Morgan fingerprint density at radius 3 is 3.08 bits per heavy atom. The molecule has 0 aromatic carbocycles. The Labute approximate surface area is 77.7 Å². The molecule has 0 amide bonds. The molecule has 0 fully saturated rings. The molecule has 0 atom stereocenters. The summed E-state index contributed by atoms with van der Waals surface area (Å²) in [5.74, 6) is 0.168. The van der Waals surface area contributed by atoms with E-state index in [0.29, 0.717) is 0 Å². The summed E-state index contributed by atoms with van der Waals surface area (Å²) in [5.41, 5.74) is 6.26. The molecule has 1 aromatic heterocycles. The largest absolute Gasteiger partial charge is 0.409 e. The summed E-state index contributed by atoms with van der Waals surface area (Å²) in [5, 5.41) is 11.5. The summed E-state index contributed by atoms with van der Waals surface area (Å²) in [6.07, 6.45) is 4.16. The van der Waals surface area contributed by atoms with Crippen LogP contribution in [0.15, 0.2) is 23.5 Å². The van der Waals surface area contributed by atoms with Gasteiger partial charge in [-0.2, -0.15) is 0 Å². The fraction of sp³-hybridized carbons (Fsp3) is 0.444. The molecule has 4 nitrogen and oxygen atoms in total. The Hall–Kier alpha value is -1.45. The molecule has 0 radical (unpaired) electrons. The molecule has 0 saturated carbocycles. The van der Waals surface area contributed by atoms with Gasteiger partial charge in [0, 0.05) is 12.7 Å². The molecule has 1 heterocycles. The van der Waals surface area contributed by atoms with Crippen LogP contribution in [0.3, 0.4) is 0 Å². The molecule has 0 bridgehead atoms. The molecule has 0 aliphatic heterocycles. The van der Waals surface area contributed by atoms with Crippen molar-refractivity contribution < 1.29 is 5.21 Å². The zero-order valence-electron chi connectivity index (χ0n) is 7.77. The summed E-state index contributed by atoms with van der Waals surface area (Å²) in [4.78, 5) is 0. The van der Waals surface area contributed by atoms with Crippen molar-refractivity contribution in [3.63, 3.8) is 0 Å². The van der Waals surface area contributed by atoms with Crippen LogP contribution in [0.1, 0.15) is 25.5 Å². The molecule has 0 aliphatic carbocycles. The van der Waals surface area contributed by atoms with E-state index >= 15 is 0 Å². The fourth-order valence-electron chi connectivity index (χ4n) is 1.22. The van der Waals surface area contributed by atoms with E-state index in [1.165, 1.54) is 0 Å². The molecule has 1 rings (SSSR count). The third-order valence-electron chi connectivity index (χ3n) is 1.95. The van der Waals surface area contributed by atoms with E-state index < -0.39 is 0 Å². The van der Waals surface area contributed by atoms with E-state index in [-0.39, 0.29) is 5.84 Å². The van der Waals surface area contributed by atoms with Gasteiger partial charge in [-0.1, -0.05) is 18.5 Å². The number of aromatic nitrogens is 1. The van der Waals surface area contributed by atoms with Gasteiger partial charge in [-0.05, 0) is 18.6 Å². The zero-order chi connectivity index (χ0) is 9.68. The van der Waals surface area contributed by atoms with Crippen molar-refractivity contribution in [2.45, 2.75) is 26.3 Å². The highest BCUT2D eigenvalue weighted by Gasteiger charge is 2.04. The number of hydrogen-bond donors (Lipinski definition) is 2. The van der Waals surface area contributed by atoms with Gasteiger partial charge >= 0.3 is 0 Å². The van der Waals surface area contributed by atoms with Crippen molar-refractivity contribution >= 4 is 5.84 Å². The van der Waals surface area contributed by atoms with Gasteiger partial charge in [-0.15, -0.1) is 0 Å². The predicted octanol–water partition coefficient (Wildman–Crippen LogP) is 1.38. The van der Waals surface area contributed by atoms with Crippen LogP contribution in [0.2, 0.25) is 0 Å². The monoisotopic (exact) mass is 181 g/mol. The molecule has 72 valence electrons. The highest BCUT2D eigenvalue weighted by molar-refractivity contribution is 5.95. The van der Waals surface area contributed by atoms with Crippen molar-refractivity contribution in [3.8, 4) is 0 Å². The first-order valence-electron chi connectivity index (χ1n) is 4.42. The second-order valence-corrected chi connectivity index (χ2v) is 2.93. The highest BCUT2D eigenvalue weighted by Crippen LogP contribution is 2.04. The van der Waals surface area contributed by atoms with Crippen LogP contribution in [0.4, 0.5) is 0 Å². The lowest BCUT2D eigenvalue weighted by molar-refractivity contribution is 0.318. The van der Waals surface area contributed by atoms with Crippen molar-refractivity contribution in [1.82, 2.24) is 4.57 Å². The number of unbranched alkanes of at least 4 members (excludes halogenated alkanes) is 1. The summed E-state index contributed by atoms with van der Waals surface area (Å²) >= 11 is 0. The van der Waals surface area contributed by atoms with Crippen molar-refractivity contribution in [1.29, 1.82) is 0 Å². The number of nitrogens with zero attached hydrogens (tertiary/aromatic N) is 2. The summed E-state index contributed by atoms with van der Waals surface area (Å²) in [7, 11) is 0. The standard InChI is InChI=1S/C9H15N3O/c1-2-3-6-12-7-4-5-8(12)9(10)11-13/h4-5,7,13H,2-3,6H2,1H3,(H2,10,11). The smallest absolute Gasteiger partial charge is 0.186 e. The molecule has 0 aliphatic rings. The van der Waals surface area contributed by atoms with Crippen LogP contribution in [0.25, 0.3) is 0 Å². The van der Waals surface area contributed by atoms with E-state index in [4.69, 9.17) is 10.9 Å². The minimum absolute atomic E-state index is 0.168. The fourth-order valence-corrected chi connectivity index (χ4v) is 1.22. The molecule has 0 spiro atoms. The first kappa shape index (κ1) is 9.64. The van der Waals surface area contributed by atoms with E-state index in [0.717, 1.165) is 25.1 Å². The number of amidine groups is 1. The van der Waals surface area contributed by atoms with Crippen LogP contribution < -0.4 is 5.73 Å². The van der Waals surface area contributed by atoms with E-state index in [1.54, 1.807) is 0 Å². The molecular formula is C9H15N3O. The maximum Gasteiger partial charge on any atom is 0.186 e. The van der Waals surface area contributed by atoms with Gasteiger partial charge in [-0.3, -0.25) is 0 Å². The number of rotatable bonds is 4. The number of nitrogens with two attached hydrogens (primary N) is 1. The quantitative estimate of drug-likeness (QED) is 0.319. The second-order valence-electron chi connectivity index (χ2n) is 2.93. The Kier molecular flexibility index (Phi) is 3.37. The Morgan fingerprint density at radius 2 is 2.46 bits per heavy atom. The normalized spacial score (nSPS) is 11.9. The van der Waals surface area contributed by atoms with Crippen LogP contribution in [0.5, 0.6) is 0 Å². The molecule has 4 heteroatoms. The molecular weight excluding hydrogens is 166 g/mol. The van der Waals surface area contributed by atoms with Gasteiger partial charge in [0.25, 0.3) is 0 Å². The Bertz CT molecular complexity index is 291. The third kappa shape index (κ3) is 2.24. The van der Waals surface area contributed by atoms with Gasteiger partial charge < -0.3 is 15.5 Å². The topological polar surface area (TPSA) is 63.5 Å². The maximum atomic E-state index is 8.51. The van der Waals surface area contributed by atoms with Gasteiger partial charge in [0.15, 0.2) is 5.84 Å². The van der Waals surface area contributed by atoms with Crippen LogP contribution >= 0.6 is 0 Å². The lowest BCUT2D eigenvalue weighted by atomic mass is 10.3. The summed E-state index contributed by atoms with van der Waals surface area (Å²) < 4.78 is 1.98. The minimum atomic E-state index is 0.168. The predicted molar refractivity (Wildman–Crippen MR) is 51.9 cm³/mol. The second kappa shape index (κ2) is 4.54. The SMILES string of the molecule is CCCCn1cccc1/C(N)=N/O. The van der Waals surface area contributed by atoms with Gasteiger partial charge in [0.2, 0.25) is 0 Å². The van der Waals surface area contributed by atoms with Crippen LogP contribution in [0, 0.1) is 0 Å². The van der Waals surface area contributed by atoms with Crippen molar-refractivity contribution in [2.24, 2.45) is 10.9 Å². The number of oxime groups is 1. The highest BCUT2D eigenvalue weighted by atomic mass is 16.4. The van der Waals surface area contributed by atoms with Gasteiger partial charge in [-0.25, -0.2) is 0 Å². The lowest BCUT2D eigenvalue weighted by Crippen LogP contribution is -2.18. The van der Waals surface area contributed by atoms with Crippen LogP contribution in [-0.2, 0) is 6.54 Å². The molecule has 0 unspecified atom stereocenters. The molecule has 1 aromatic rings. The Balaban J connectivity index is 2.77. The van der Waals surface area contributed by atoms with E-state index in [9.17, 15) is 0 Å². The van der Waals surface area contributed by atoms with Gasteiger partial charge in [0.1, 0.15) is 0 Å². The molecule has 3 N–H and O–H groups in total. The van der Waals surface area contributed by atoms with E-state index in [2.05, 4.69) is 12.1 Å². The third-order valence-corrected chi connectivity index (χ3v) is 1.95. The summed E-state index contributed by atoms with van der Waals surface area (Å²) in [6, 6.07) is 3.73. The van der Waals surface area contributed by atoms with Crippen LogP contribution in [-0.4, -0.2) is 15.6 Å². The van der Waals surface area contributed by atoms with E-state index in [1.807, 2.05) is 22.9 Å². The minimum Gasteiger partial charge on any atom is -0.409 e. The number of hydrogen-bond acceptors (Lipinski definition) is 2. The molecule has 13 heavy (non-hydrogen) atoms. The average molecular weight is 181 g/mol. The van der Waals surface area contributed by atoms with Gasteiger partial charge in [0.05, 0.1) is 5.69 Å². The number of aryl methyl sites for hydroxylation is 1. The van der Waals surface area contributed by atoms with Crippen molar-refractivity contribution in [2.75, 3.05) is 0 Å². The Morgan fingerprint density at radius 1 is 1.69 bits per heavy atom. The first-order valence-corrected chi connectivity index (χ1v) is 4.42. The maximum absolute atomic E-state index is 8.51.